The van der Waals surface area contributed by atoms with Crippen molar-refractivity contribution in [2.45, 2.75) is 32.1 Å². The van der Waals surface area contributed by atoms with Crippen LogP contribution in [0, 0.1) is 0 Å². The highest BCUT2D eigenvalue weighted by Gasteiger charge is 2.26. The van der Waals surface area contributed by atoms with Crippen molar-refractivity contribution < 1.29 is 5.11 Å². The average Bonchev–Trinajstić information content (AvgIpc) is 3.22. The van der Waals surface area contributed by atoms with Crippen LogP contribution in [-0.4, -0.2) is 15.1 Å². The molecule has 4 heteroatoms. The second-order valence-corrected chi connectivity index (χ2v) is 4.93. The first-order valence-corrected chi connectivity index (χ1v) is 6.62. The zero-order valence-corrected chi connectivity index (χ0v) is 10.8. The van der Waals surface area contributed by atoms with E-state index in [1.165, 1.54) is 18.4 Å². The minimum Gasteiger partial charge on any atom is -0.493 e. The van der Waals surface area contributed by atoms with Crippen LogP contribution in [0.15, 0.2) is 29.1 Å². The van der Waals surface area contributed by atoms with Gasteiger partial charge in [-0.2, -0.15) is 4.98 Å². The highest BCUT2D eigenvalue weighted by atomic mass is 16.3. The third-order valence-corrected chi connectivity index (χ3v) is 3.58. The lowest BCUT2D eigenvalue weighted by molar-refractivity contribution is 0.444. The Kier molecular flexibility index (Phi) is 2.85. The molecular weight excluding hydrogens is 240 g/mol. The molecule has 0 unspecified atom stereocenters. The molecule has 0 atom stereocenters. The molecule has 1 aromatic carbocycles. The minimum absolute atomic E-state index is 0.160. The zero-order chi connectivity index (χ0) is 13.4. The van der Waals surface area contributed by atoms with E-state index in [2.05, 4.69) is 16.0 Å². The van der Waals surface area contributed by atoms with Gasteiger partial charge in [-0.3, -0.25) is 4.79 Å². The van der Waals surface area contributed by atoms with E-state index in [1.807, 2.05) is 25.1 Å². The fourth-order valence-corrected chi connectivity index (χ4v) is 2.40. The van der Waals surface area contributed by atoms with Crippen molar-refractivity contribution in [2.24, 2.45) is 0 Å². The van der Waals surface area contributed by atoms with Gasteiger partial charge in [-0.15, -0.1) is 0 Å². The van der Waals surface area contributed by atoms with Crippen LogP contribution < -0.4 is 5.56 Å². The van der Waals surface area contributed by atoms with Crippen molar-refractivity contribution in [3.8, 4) is 17.3 Å². The van der Waals surface area contributed by atoms with Gasteiger partial charge in [0, 0.05) is 5.56 Å². The number of aromatic nitrogens is 2. The number of nitrogens with one attached hydrogen (secondary N) is 1. The van der Waals surface area contributed by atoms with E-state index in [1.54, 1.807) is 0 Å². The number of rotatable bonds is 3. The van der Waals surface area contributed by atoms with Crippen LogP contribution in [0.3, 0.4) is 0 Å². The summed E-state index contributed by atoms with van der Waals surface area (Å²) in [7, 11) is 0. The smallest absolute Gasteiger partial charge is 0.258 e. The SMILES string of the molecule is CCc1c(O)nc(-c2ccccc2C2CC2)[nH]c1=O. The van der Waals surface area contributed by atoms with Crippen LogP contribution in [0.4, 0.5) is 0 Å². The van der Waals surface area contributed by atoms with Crippen molar-refractivity contribution in [1.82, 2.24) is 9.97 Å². The maximum absolute atomic E-state index is 11.9. The van der Waals surface area contributed by atoms with Crippen molar-refractivity contribution in [3.63, 3.8) is 0 Å². The van der Waals surface area contributed by atoms with Gasteiger partial charge in [0.05, 0.1) is 5.56 Å². The van der Waals surface area contributed by atoms with E-state index in [9.17, 15) is 9.90 Å². The summed E-state index contributed by atoms with van der Waals surface area (Å²) < 4.78 is 0. The van der Waals surface area contributed by atoms with E-state index < -0.39 is 0 Å². The molecule has 0 radical (unpaired) electrons. The first-order valence-electron chi connectivity index (χ1n) is 6.62. The summed E-state index contributed by atoms with van der Waals surface area (Å²) >= 11 is 0. The second-order valence-electron chi connectivity index (χ2n) is 4.93. The summed E-state index contributed by atoms with van der Waals surface area (Å²) in [6.07, 6.45) is 2.83. The van der Waals surface area contributed by atoms with Crippen molar-refractivity contribution >= 4 is 0 Å². The molecule has 0 saturated heterocycles. The average molecular weight is 256 g/mol. The topological polar surface area (TPSA) is 66.0 Å². The van der Waals surface area contributed by atoms with Crippen LogP contribution in [0.25, 0.3) is 11.4 Å². The Balaban J connectivity index is 2.15. The fraction of sp³-hybridized carbons (Fsp3) is 0.333. The highest BCUT2D eigenvalue weighted by Crippen LogP contribution is 2.43. The molecule has 3 rings (SSSR count). The Morgan fingerprint density at radius 3 is 2.74 bits per heavy atom. The molecule has 1 aliphatic carbocycles. The lowest BCUT2D eigenvalue weighted by atomic mass is 10.0. The van der Waals surface area contributed by atoms with Crippen LogP contribution in [0.5, 0.6) is 5.88 Å². The number of H-pyrrole nitrogens is 1. The van der Waals surface area contributed by atoms with Crippen LogP contribution >= 0.6 is 0 Å². The van der Waals surface area contributed by atoms with Gasteiger partial charge in [0.1, 0.15) is 5.82 Å². The quantitative estimate of drug-likeness (QED) is 0.887. The predicted molar refractivity (Wildman–Crippen MR) is 73.3 cm³/mol. The van der Waals surface area contributed by atoms with Gasteiger partial charge in [0.2, 0.25) is 5.88 Å². The monoisotopic (exact) mass is 256 g/mol. The van der Waals surface area contributed by atoms with Crippen LogP contribution in [-0.2, 0) is 6.42 Å². The van der Waals surface area contributed by atoms with Crippen molar-refractivity contribution in [2.75, 3.05) is 0 Å². The minimum atomic E-state index is -0.254. The largest absolute Gasteiger partial charge is 0.493 e. The molecule has 1 fully saturated rings. The van der Waals surface area contributed by atoms with Crippen LogP contribution in [0.2, 0.25) is 0 Å². The Labute approximate surface area is 111 Å². The highest BCUT2D eigenvalue weighted by molar-refractivity contribution is 5.62. The van der Waals surface area contributed by atoms with E-state index in [-0.39, 0.29) is 11.4 Å². The molecule has 19 heavy (non-hydrogen) atoms. The van der Waals surface area contributed by atoms with Gasteiger partial charge in [-0.25, -0.2) is 0 Å². The van der Waals surface area contributed by atoms with Gasteiger partial charge < -0.3 is 10.1 Å². The zero-order valence-electron chi connectivity index (χ0n) is 10.8. The number of aromatic hydroxyl groups is 1. The third-order valence-electron chi connectivity index (χ3n) is 3.58. The first-order chi connectivity index (χ1) is 9.20. The summed E-state index contributed by atoms with van der Waals surface area (Å²) in [6.45, 7) is 1.82. The molecule has 2 N–H and O–H groups in total. The van der Waals surface area contributed by atoms with Crippen molar-refractivity contribution in [1.29, 1.82) is 0 Å². The summed E-state index contributed by atoms with van der Waals surface area (Å²) in [6, 6.07) is 7.93. The fourth-order valence-electron chi connectivity index (χ4n) is 2.40. The number of hydrogen-bond donors (Lipinski definition) is 2. The Morgan fingerprint density at radius 1 is 1.37 bits per heavy atom. The Bertz CT molecular complexity index is 672. The van der Waals surface area contributed by atoms with E-state index in [0.29, 0.717) is 23.7 Å². The first kappa shape index (κ1) is 12.0. The van der Waals surface area contributed by atoms with Gasteiger partial charge in [0.15, 0.2) is 0 Å². The molecule has 4 nitrogen and oxygen atoms in total. The molecule has 0 aliphatic heterocycles. The normalized spacial score (nSPS) is 14.6. The van der Waals surface area contributed by atoms with Crippen molar-refractivity contribution in [3.05, 3.63) is 45.7 Å². The third kappa shape index (κ3) is 2.14. The molecule has 1 heterocycles. The molecular formula is C15H16N2O2. The number of aromatic amines is 1. The maximum atomic E-state index is 11.9. The standard InChI is InChI=1S/C15H16N2O2/c1-2-10-14(18)16-13(17-15(10)19)12-6-4-3-5-11(12)9-7-8-9/h3-6,9H,2,7-8H2,1H3,(H2,16,17,18,19). The lowest BCUT2D eigenvalue weighted by Crippen LogP contribution is -2.14. The molecule has 1 saturated carbocycles. The summed E-state index contributed by atoms with van der Waals surface area (Å²) in [5, 5.41) is 9.85. The molecule has 2 aromatic rings. The Morgan fingerprint density at radius 2 is 2.11 bits per heavy atom. The molecule has 0 bridgehead atoms. The number of nitrogens with zero attached hydrogens (tertiary/aromatic N) is 1. The Hall–Kier alpha value is -2.10. The second kappa shape index (κ2) is 4.53. The summed E-state index contributed by atoms with van der Waals surface area (Å²) in [4.78, 5) is 18.8. The molecule has 0 amide bonds. The van der Waals surface area contributed by atoms with Gasteiger partial charge in [-0.1, -0.05) is 31.2 Å². The van der Waals surface area contributed by atoms with E-state index >= 15 is 0 Å². The van der Waals surface area contributed by atoms with Gasteiger partial charge in [0.25, 0.3) is 5.56 Å². The number of hydrogen-bond acceptors (Lipinski definition) is 3. The van der Waals surface area contributed by atoms with Crippen LogP contribution in [0.1, 0.15) is 36.8 Å². The molecule has 1 aliphatic rings. The lowest BCUT2D eigenvalue weighted by Gasteiger charge is -2.09. The number of benzene rings is 1. The van der Waals surface area contributed by atoms with E-state index in [0.717, 1.165) is 5.56 Å². The summed E-state index contributed by atoms with van der Waals surface area (Å²) in [5.41, 5.74) is 2.21. The molecule has 0 spiro atoms. The predicted octanol–water partition coefficient (Wildman–Crippen LogP) is 2.58. The van der Waals surface area contributed by atoms with E-state index in [4.69, 9.17) is 0 Å². The molecule has 98 valence electrons. The van der Waals surface area contributed by atoms with Gasteiger partial charge in [-0.05, 0) is 30.7 Å². The summed E-state index contributed by atoms with van der Waals surface area (Å²) in [5.74, 6) is 0.864. The molecule has 1 aromatic heterocycles. The maximum Gasteiger partial charge on any atom is 0.258 e. The van der Waals surface area contributed by atoms with Gasteiger partial charge >= 0.3 is 0 Å².